The van der Waals surface area contributed by atoms with Gasteiger partial charge in [-0.05, 0) is 25.0 Å². The van der Waals surface area contributed by atoms with E-state index in [4.69, 9.17) is 9.26 Å². The van der Waals surface area contributed by atoms with Crippen LogP contribution in [0.3, 0.4) is 0 Å². The zero-order valence-electron chi connectivity index (χ0n) is 15.8. The van der Waals surface area contributed by atoms with Gasteiger partial charge in [0.1, 0.15) is 0 Å². The lowest BCUT2D eigenvalue weighted by Gasteiger charge is -2.15. The van der Waals surface area contributed by atoms with Gasteiger partial charge in [-0.2, -0.15) is 9.29 Å². The quantitative estimate of drug-likeness (QED) is 0.413. The van der Waals surface area contributed by atoms with Crippen LogP contribution >= 0.6 is 0 Å². The van der Waals surface area contributed by atoms with Gasteiger partial charge in [-0.15, -0.1) is 0 Å². The minimum Gasteiger partial charge on any atom is -0.477 e. The molecule has 3 aromatic rings. The number of ether oxygens (including phenoxy) is 1. The van der Waals surface area contributed by atoms with Crippen LogP contribution < -0.4 is 4.74 Å². The van der Waals surface area contributed by atoms with Crippen LogP contribution in [0.2, 0.25) is 0 Å². The Morgan fingerprint density at radius 2 is 1.87 bits per heavy atom. The van der Waals surface area contributed by atoms with E-state index in [9.17, 15) is 18.5 Å². The molecular formula is C19H18N4O6S. The second kappa shape index (κ2) is 8.20. The van der Waals surface area contributed by atoms with Crippen LogP contribution in [-0.2, 0) is 16.6 Å². The molecule has 1 aliphatic rings. The standard InChI is InChI=1S/C19H18N4O6S/c24-23(25)16-12-15(30(26,27)22-10-4-5-11-22)8-9-17(16)28-13-18-20-19(21-29-18)14-6-2-1-3-7-14/h1-3,6-9,12H,4-5,10-11,13H2. The Kier molecular flexibility index (Phi) is 5.46. The molecule has 30 heavy (non-hydrogen) atoms. The van der Waals surface area contributed by atoms with Crippen molar-refractivity contribution in [3.05, 3.63) is 64.5 Å². The monoisotopic (exact) mass is 430 g/mol. The Labute approximate surface area is 172 Å². The molecule has 4 rings (SSSR count). The Morgan fingerprint density at radius 1 is 1.13 bits per heavy atom. The number of nitro groups is 1. The summed E-state index contributed by atoms with van der Waals surface area (Å²) in [7, 11) is -3.77. The molecule has 1 aromatic heterocycles. The van der Waals surface area contributed by atoms with E-state index in [-0.39, 0.29) is 23.1 Å². The first-order valence-electron chi connectivity index (χ1n) is 9.24. The molecule has 11 heteroatoms. The SMILES string of the molecule is O=[N+]([O-])c1cc(S(=O)(=O)N2CCCC2)ccc1OCc1nc(-c2ccccc2)no1. The lowest BCUT2D eigenvalue weighted by atomic mass is 10.2. The Morgan fingerprint density at radius 3 is 2.57 bits per heavy atom. The van der Waals surface area contributed by atoms with Gasteiger partial charge in [0.2, 0.25) is 15.8 Å². The highest BCUT2D eigenvalue weighted by molar-refractivity contribution is 7.89. The maximum absolute atomic E-state index is 12.7. The van der Waals surface area contributed by atoms with Crippen LogP contribution in [0.5, 0.6) is 5.75 Å². The van der Waals surface area contributed by atoms with E-state index in [0.717, 1.165) is 24.5 Å². The minimum absolute atomic E-state index is 0.0835. The molecule has 0 saturated carbocycles. The third kappa shape index (κ3) is 4.02. The molecule has 0 radical (unpaired) electrons. The van der Waals surface area contributed by atoms with Crippen molar-refractivity contribution in [3.63, 3.8) is 0 Å². The second-order valence-electron chi connectivity index (χ2n) is 6.66. The van der Waals surface area contributed by atoms with E-state index in [1.165, 1.54) is 16.4 Å². The number of hydrogen-bond acceptors (Lipinski definition) is 8. The number of benzene rings is 2. The molecule has 2 heterocycles. The van der Waals surface area contributed by atoms with Crippen molar-refractivity contribution in [2.24, 2.45) is 0 Å². The fourth-order valence-electron chi connectivity index (χ4n) is 3.16. The summed E-state index contributed by atoms with van der Waals surface area (Å²) in [6.07, 6.45) is 1.55. The van der Waals surface area contributed by atoms with E-state index in [2.05, 4.69) is 10.1 Å². The van der Waals surface area contributed by atoms with Crippen molar-refractivity contribution < 1.29 is 22.6 Å². The fourth-order valence-corrected chi connectivity index (χ4v) is 4.70. The van der Waals surface area contributed by atoms with Gasteiger partial charge in [-0.3, -0.25) is 10.1 Å². The molecule has 0 atom stereocenters. The summed E-state index contributed by atoms with van der Waals surface area (Å²) in [5.74, 6) is 0.424. The molecule has 0 unspecified atom stereocenters. The topological polar surface area (TPSA) is 129 Å². The Hall–Kier alpha value is -3.31. The van der Waals surface area contributed by atoms with Crippen LogP contribution in [0.1, 0.15) is 18.7 Å². The van der Waals surface area contributed by atoms with Crippen LogP contribution in [0.25, 0.3) is 11.4 Å². The first kappa shape index (κ1) is 20.0. The molecule has 1 aliphatic heterocycles. The van der Waals surface area contributed by atoms with Gasteiger partial charge < -0.3 is 9.26 Å². The number of rotatable bonds is 7. The zero-order chi connectivity index (χ0) is 21.1. The zero-order valence-corrected chi connectivity index (χ0v) is 16.6. The van der Waals surface area contributed by atoms with Crippen LogP contribution in [0.15, 0.2) is 57.9 Å². The van der Waals surface area contributed by atoms with Gasteiger partial charge in [-0.25, -0.2) is 8.42 Å². The smallest absolute Gasteiger partial charge is 0.312 e. The van der Waals surface area contributed by atoms with Crippen molar-refractivity contribution in [1.82, 2.24) is 14.4 Å². The third-order valence-corrected chi connectivity index (χ3v) is 6.58. The van der Waals surface area contributed by atoms with Gasteiger partial charge in [-0.1, -0.05) is 35.5 Å². The minimum atomic E-state index is -3.77. The van der Waals surface area contributed by atoms with Crippen LogP contribution in [0.4, 0.5) is 5.69 Å². The van der Waals surface area contributed by atoms with Crippen LogP contribution in [0, 0.1) is 10.1 Å². The highest BCUT2D eigenvalue weighted by Crippen LogP contribution is 2.32. The van der Waals surface area contributed by atoms with E-state index in [1.807, 2.05) is 30.3 Å². The van der Waals surface area contributed by atoms with Crippen LogP contribution in [-0.4, -0.2) is 40.9 Å². The average molecular weight is 430 g/mol. The van der Waals surface area contributed by atoms with E-state index in [1.54, 1.807) is 0 Å². The number of aromatic nitrogens is 2. The normalized spacial score (nSPS) is 14.7. The number of sulfonamides is 1. The van der Waals surface area contributed by atoms with Crippen molar-refractivity contribution >= 4 is 15.7 Å². The highest BCUT2D eigenvalue weighted by Gasteiger charge is 2.30. The fraction of sp³-hybridized carbons (Fsp3) is 0.263. The molecule has 2 aromatic carbocycles. The third-order valence-electron chi connectivity index (χ3n) is 4.68. The summed E-state index contributed by atoms with van der Waals surface area (Å²) in [6, 6.07) is 12.8. The van der Waals surface area contributed by atoms with E-state index >= 15 is 0 Å². The summed E-state index contributed by atoms with van der Waals surface area (Å²) in [5, 5.41) is 15.4. The molecular weight excluding hydrogens is 412 g/mol. The average Bonchev–Trinajstić information content (AvgIpc) is 3.45. The highest BCUT2D eigenvalue weighted by atomic mass is 32.2. The molecule has 1 saturated heterocycles. The van der Waals surface area contributed by atoms with Crippen molar-refractivity contribution in [1.29, 1.82) is 0 Å². The summed E-state index contributed by atoms with van der Waals surface area (Å²) in [4.78, 5) is 14.9. The molecule has 1 fully saturated rings. The predicted molar refractivity (Wildman–Crippen MR) is 105 cm³/mol. The van der Waals surface area contributed by atoms with Gasteiger partial charge in [0.05, 0.1) is 9.82 Å². The predicted octanol–water partition coefficient (Wildman–Crippen LogP) is 3.01. The van der Waals surface area contributed by atoms with Crippen molar-refractivity contribution in [2.45, 2.75) is 24.3 Å². The molecule has 0 spiro atoms. The molecule has 0 amide bonds. The number of hydrogen-bond donors (Lipinski definition) is 0. The lowest BCUT2D eigenvalue weighted by Crippen LogP contribution is -2.27. The maximum atomic E-state index is 12.7. The largest absolute Gasteiger partial charge is 0.477 e. The molecule has 0 aliphatic carbocycles. The van der Waals surface area contributed by atoms with Gasteiger partial charge in [0, 0.05) is 24.7 Å². The molecule has 156 valence electrons. The summed E-state index contributed by atoms with van der Waals surface area (Å²) >= 11 is 0. The summed E-state index contributed by atoms with van der Waals surface area (Å²) < 4.78 is 37.3. The number of nitrogens with zero attached hydrogens (tertiary/aromatic N) is 4. The first-order valence-corrected chi connectivity index (χ1v) is 10.7. The van der Waals surface area contributed by atoms with Crippen molar-refractivity contribution in [3.8, 4) is 17.1 Å². The Balaban J connectivity index is 1.53. The maximum Gasteiger partial charge on any atom is 0.312 e. The van der Waals surface area contributed by atoms with Gasteiger partial charge in [0.25, 0.3) is 5.89 Å². The second-order valence-corrected chi connectivity index (χ2v) is 8.60. The van der Waals surface area contributed by atoms with Gasteiger partial charge >= 0.3 is 5.69 Å². The summed E-state index contributed by atoms with van der Waals surface area (Å²) in [5.41, 5.74) is 0.313. The first-order chi connectivity index (χ1) is 14.4. The Bertz CT molecular complexity index is 1160. The van der Waals surface area contributed by atoms with E-state index < -0.39 is 20.6 Å². The van der Waals surface area contributed by atoms with Crippen molar-refractivity contribution in [2.75, 3.05) is 13.1 Å². The van der Waals surface area contributed by atoms with E-state index in [0.29, 0.717) is 18.9 Å². The number of nitro benzene ring substituents is 1. The summed E-state index contributed by atoms with van der Waals surface area (Å²) in [6.45, 7) is 0.628. The molecule has 10 nitrogen and oxygen atoms in total. The molecule has 0 N–H and O–H groups in total. The lowest BCUT2D eigenvalue weighted by molar-refractivity contribution is -0.386. The molecule has 0 bridgehead atoms. The van der Waals surface area contributed by atoms with Gasteiger partial charge in [0.15, 0.2) is 12.4 Å².